The predicted molar refractivity (Wildman–Crippen MR) is 113 cm³/mol. The zero-order chi connectivity index (χ0) is 22.8. The smallest absolute Gasteiger partial charge is 0.326 e. The molecule has 1 aliphatic heterocycles. The van der Waals surface area contributed by atoms with E-state index in [-0.39, 0.29) is 18.7 Å². The molecule has 0 aromatic heterocycles. The largest absolute Gasteiger partial charge is 0.481 e. The third kappa shape index (κ3) is 7.69. The Morgan fingerprint density at radius 2 is 1.87 bits per heavy atom. The Kier molecular flexibility index (Phi) is 11.0. The van der Waals surface area contributed by atoms with Crippen molar-refractivity contribution in [2.24, 2.45) is 5.73 Å². The zero-order valence-electron chi connectivity index (χ0n) is 16.6. The first-order chi connectivity index (χ1) is 14.1. The van der Waals surface area contributed by atoms with Crippen molar-refractivity contribution in [2.75, 3.05) is 24.3 Å². The van der Waals surface area contributed by atoms with Crippen LogP contribution < -0.4 is 16.4 Å². The number of hydrogen-bond donors (Lipinski definition) is 6. The Morgan fingerprint density at radius 1 is 1.20 bits per heavy atom. The molecule has 0 saturated carbocycles. The molecule has 1 fully saturated rings. The number of hydrogen-bond acceptors (Lipinski definition) is 8. The van der Waals surface area contributed by atoms with E-state index in [0.717, 1.165) is 0 Å². The van der Waals surface area contributed by atoms with E-state index in [1.807, 2.05) is 6.26 Å². The van der Waals surface area contributed by atoms with Gasteiger partial charge < -0.3 is 31.5 Å². The van der Waals surface area contributed by atoms with Gasteiger partial charge in [-0.25, -0.2) is 4.79 Å². The molecule has 4 unspecified atom stereocenters. The van der Waals surface area contributed by atoms with E-state index in [0.29, 0.717) is 18.6 Å². The lowest BCUT2D eigenvalue weighted by Crippen LogP contribution is -2.57. The van der Waals surface area contributed by atoms with Crippen LogP contribution in [0.4, 0.5) is 0 Å². The second-order valence-corrected chi connectivity index (χ2v) is 8.17. The standard InChI is InChI=1S/C17H28N4O7S2/c1-30-6-4-9(18)14(24)20-11(8-29)16(26)21-5-2-3-12(21)15(25)19-10(17(27)28)7-13(22)23/h9-12,29H,2-8,18H2,1H3,(H,19,25)(H,20,24)(H,22,23)(H,27,28). The molecule has 0 bridgehead atoms. The molecule has 1 saturated heterocycles. The summed E-state index contributed by atoms with van der Waals surface area (Å²) < 4.78 is 0. The summed E-state index contributed by atoms with van der Waals surface area (Å²) in [5.74, 6) is -3.97. The van der Waals surface area contributed by atoms with Crippen LogP contribution in [0.2, 0.25) is 0 Å². The summed E-state index contributed by atoms with van der Waals surface area (Å²) in [6.45, 7) is 0.242. The number of thiol groups is 1. The lowest BCUT2D eigenvalue weighted by Gasteiger charge is -2.29. The average Bonchev–Trinajstić information content (AvgIpc) is 3.18. The first-order valence-corrected chi connectivity index (χ1v) is 11.4. The molecule has 4 atom stereocenters. The van der Waals surface area contributed by atoms with Crippen molar-refractivity contribution >= 4 is 54.1 Å². The SMILES string of the molecule is CSCCC(N)C(=O)NC(CS)C(=O)N1CCCC1C(=O)NC(CC(=O)O)C(=O)O. The van der Waals surface area contributed by atoms with Crippen LogP contribution in [-0.2, 0) is 24.0 Å². The molecular formula is C17H28N4O7S2. The molecule has 0 aliphatic carbocycles. The number of nitrogens with one attached hydrogen (secondary N) is 2. The maximum absolute atomic E-state index is 12.9. The van der Waals surface area contributed by atoms with Crippen molar-refractivity contribution < 1.29 is 34.2 Å². The number of aliphatic carboxylic acids is 2. The maximum Gasteiger partial charge on any atom is 0.326 e. The molecule has 0 aromatic rings. The lowest BCUT2D eigenvalue weighted by molar-refractivity contribution is -0.148. The van der Waals surface area contributed by atoms with Gasteiger partial charge in [-0.05, 0) is 31.3 Å². The Hall–Kier alpha value is -1.99. The van der Waals surface area contributed by atoms with Crippen LogP contribution in [0.15, 0.2) is 0 Å². The summed E-state index contributed by atoms with van der Waals surface area (Å²) in [4.78, 5) is 60.9. The van der Waals surface area contributed by atoms with E-state index < -0.39 is 60.2 Å². The fourth-order valence-corrected chi connectivity index (χ4v) is 3.72. The van der Waals surface area contributed by atoms with Crippen LogP contribution in [0.25, 0.3) is 0 Å². The van der Waals surface area contributed by atoms with Gasteiger partial charge in [0.2, 0.25) is 17.7 Å². The number of rotatable bonds is 12. The maximum atomic E-state index is 12.9. The highest BCUT2D eigenvalue weighted by molar-refractivity contribution is 7.98. The van der Waals surface area contributed by atoms with Crippen LogP contribution in [0.5, 0.6) is 0 Å². The number of nitrogens with zero attached hydrogens (tertiary/aromatic N) is 1. The van der Waals surface area contributed by atoms with Crippen LogP contribution in [0.3, 0.4) is 0 Å². The molecule has 170 valence electrons. The van der Waals surface area contributed by atoms with Gasteiger partial charge in [0.05, 0.1) is 12.5 Å². The minimum Gasteiger partial charge on any atom is -0.481 e. The van der Waals surface area contributed by atoms with Crippen LogP contribution in [0.1, 0.15) is 25.7 Å². The van der Waals surface area contributed by atoms with Crippen molar-refractivity contribution in [3.05, 3.63) is 0 Å². The highest BCUT2D eigenvalue weighted by Crippen LogP contribution is 2.19. The Balaban J connectivity index is 2.81. The number of carboxylic acids is 2. The number of carboxylic acid groups (broad SMARTS) is 2. The van der Waals surface area contributed by atoms with Gasteiger partial charge in [0.25, 0.3) is 0 Å². The topological polar surface area (TPSA) is 179 Å². The number of carbonyl (C=O) groups is 5. The molecule has 0 spiro atoms. The highest BCUT2D eigenvalue weighted by atomic mass is 32.2. The first-order valence-electron chi connectivity index (χ1n) is 9.33. The summed E-state index contributed by atoms with van der Waals surface area (Å²) in [6, 6.07) is -4.35. The summed E-state index contributed by atoms with van der Waals surface area (Å²) >= 11 is 5.65. The van der Waals surface area contributed by atoms with Gasteiger partial charge in [-0.3, -0.25) is 19.2 Å². The summed E-state index contributed by atoms with van der Waals surface area (Å²) in [6.07, 6.45) is 2.33. The zero-order valence-corrected chi connectivity index (χ0v) is 18.3. The quantitative estimate of drug-likeness (QED) is 0.188. The van der Waals surface area contributed by atoms with Gasteiger partial charge in [0.15, 0.2) is 0 Å². The van der Waals surface area contributed by atoms with Gasteiger partial charge in [-0.1, -0.05) is 0 Å². The number of nitrogens with two attached hydrogens (primary N) is 1. The van der Waals surface area contributed by atoms with E-state index >= 15 is 0 Å². The van der Waals surface area contributed by atoms with E-state index in [9.17, 15) is 24.0 Å². The van der Waals surface area contributed by atoms with Gasteiger partial charge in [0.1, 0.15) is 18.1 Å². The van der Waals surface area contributed by atoms with Crippen LogP contribution >= 0.6 is 24.4 Å². The number of carbonyl (C=O) groups excluding carboxylic acids is 3. The molecule has 3 amide bonds. The van der Waals surface area contributed by atoms with Crippen molar-refractivity contribution in [3.63, 3.8) is 0 Å². The monoisotopic (exact) mass is 464 g/mol. The number of amides is 3. The second-order valence-electron chi connectivity index (χ2n) is 6.82. The summed E-state index contributed by atoms with van der Waals surface area (Å²) in [5.41, 5.74) is 5.82. The fourth-order valence-electron chi connectivity index (χ4n) is 2.99. The third-order valence-corrected chi connectivity index (χ3v) is 5.61. The average molecular weight is 465 g/mol. The predicted octanol–water partition coefficient (Wildman–Crippen LogP) is -1.48. The molecule has 1 heterocycles. The van der Waals surface area contributed by atoms with E-state index in [1.165, 1.54) is 16.7 Å². The van der Waals surface area contributed by atoms with Crippen LogP contribution in [0, 0.1) is 0 Å². The summed E-state index contributed by atoms with van der Waals surface area (Å²) in [7, 11) is 0. The molecule has 1 rings (SSSR count). The summed E-state index contributed by atoms with van der Waals surface area (Å²) in [5, 5.41) is 22.6. The van der Waals surface area contributed by atoms with Gasteiger partial charge in [-0.15, -0.1) is 0 Å². The van der Waals surface area contributed by atoms with Crippen molar-refractivity contribution in [1.82, 2.24) is 15.5 Å². The van der Waals surface area contributed by atoms with Crippen LogP contribution in [-0.4, -0.2) is 93.2 Å². The molecule has 11 nitrogen and oxygen atoms in total. The van der Waals surface area contributed by atoms with E-state index in [4.69, 9.17) is 15.9 Å². The molecule has 6 N–H and O–H groups in total. The van der Waals surface area contributed by atoms with E-state index in [1.54, 1.807) is 0 Å². The molecule has 0 radical (unpaired) electrons. The van der Waals surface area contributed by atoms with Crippen molar-refractivity contribution in [3.8, 4) is 0 Å². The van der Waals surface area contributed by atoms with Gasteiger partial charge in [-0.2, -0.15) is 24.4 Å². The minimum absolute atomic E-state index is 0.0125. The number of thioether (sulfide) groups is 1. The second kappa shape index (κ2) is 12.6. The molecule has 0 aromatic carbocycles. The van der Waals surface area contributed by atoms with Gasteiger partial charge >= 0.3 is 11.9 Å². The number of likely N-dealkylation sites (tertiary alicyclic amines) is 1. The fraction of sp³-hybridized carbons (Fsp3) is 0.706. The molecule has 13 heteroatoms. The van der Waals surface area contributed by atoms with Crippen molar-refractivity contribution in [1.29, 1.82) is 0 Å². The van der Waals surface area contributed by atoms with Crippen molar-refractivity contribution in [2.45, 2.75) is 49.9 Å². The highest BCUT2D eigenvalue weighted by Gasteiger charge is 2.39. The molecule has 1 aliphatic rings. The van der Waals surface area contributed by atoms with Gasteiger partial charge in [0, 0.05) is 12.3 Å². The molecular weight excluding hydrogens is 436 g/mol. The lowest BCUT2D eigenvalue weighted by atomic mass is 10.1. The van der Waals surface area contributed by atoms with E-state index in [2.05, 4.69) is 23.3 Å². The normalized spacial score (nSPS) is 18.9. The Labute approximate surface area is 183 Å². The minimum atomic E-state index is -1.61. The Morgan fingerprint density at radius 3 is 2.40 bits per heavy atom. The molecule has 30 heavy (non-hydrogen) atoms. The first kappa shape index (κ1) is 26.0. The third-order valence-electron chi connectivity index (χ3n) is 4.60. The Bertz CT molecular complexity index is 664.